The topological polar surface area (TPSA) is 72.6 Å². The zero-order valence-electron chi connectivity index (χ0n) is 8.94. The first-order chi connectivity index (χ1) is 7.54. The number of rotatable bonds is 5. The van der Waals surface area contributed by atoms with Crippen molar-refractivity contribution in [3.63, 3.8) is 0 Å². The molecular formula is C11H14BrNO3. The number of carbonyl (C=O) groups excluding carboxylic acids is 1. The second-order valence-corrected chi connectivity index (χ2v) is 4.27. The van der Waals surface area contributed by atoms with Crippen LogP contribution < -0.4 is 10.5 Å². The Bertz CT molecular complexity index is 381. The summed E-state index contributed by atoms with van der Waals surface area (Å²) in [5, 5.41) is 9.79. The highest BCUT2D eigenvalue weighted by Crippen LogP contribution is 2.29. The summed E-state index contributed by atoms with van der Waals surface area (Å²) in [7, 11) is 1.57. The molecule has 0 saturated heterocycles. The van der Waals surface area contributed by atoms with Crippen LogP contribution in [0.4, 0.5) is 0 Å². The van der Waals surface area contributed by atoms with Gasteiger partial charge in [0.1, 0.15) is 5.75 Å². The maximum Gasteiger partial charge on any atom is 0.217 e. The average Bonchev–Trinajstić information content (AvgIpc) is 2.25. The van der Waals surface area contributed by atoms with Gasteiger partial charge in [-0.3, -0.25) is 4.79 Å². The average molecular weight is 288 g/mol. The summed E-state index contributed by atoms with van der Waals surface area (Å²) >= 11 is 3.33. The zero-order chi connectivity index (χ0) is 12.1. The highest BCUT2D eigenvalue weighted by atomic mass is 79.9. The number of hydrogen-bond acceptors (Lipinski definition) is 3. The molecule has 0 heterocycles. The van der Waals surface area contributed by atoms with Crippen LogP contribution in [0.15, 0.2) is 22.7 Å². The van der Waals surface area contributed by atoms with Crippen LogP contribution in [0.1, 0.15) is 24.5 Å². The molecule has 5 heteroatoms. The van der Waals surface area contributed by atoms with E-state index in [1.807, 2.05) is 0 Å². The number of aliphatic hydroxyl groups is 1. The summed E-state index contributed by atoms with van der Waals surface area (Å²) in [4.78, 5) is 10.6. The smallest absolute Gasteiger partial charge is 0.217 e. The molecule has 4 nitrogen and oxygen atoms in total. The molecule has 1 atom stereocenters. The van der Waals surface area contributed by atoms with Gasteiger partial charge in [-0.05, 0) is 40.0 Å². The molecule has 1 aromatic rings. The summed E-state index contributed by atoms with van der Waals surface area (Å²) in [5.41, 5.74) is 5.75. The monoisotopic (exact) mass is 287 g/mol. The van der Waals surface area contributed by atoms with E-state index in [4.69, 9.17) is 10.5 Å². The Kier molecular flexibility index (Phi) is 4.76. The molecule has 0 saturated carbocycles. The second kappa shape index (κ2) is 5.86. The molecule has 1 rings (SSSR count). The molecule has 16 heavy (non-hydrogen) atoms. The Hall–Kier alpha value is -1.07. The third-order valence-corrected chi connectivity index (χ3v) is 2.84. The SMILES string of the molecule is COc1ccc(C(O)CCC(N)=O)cc1Br. The van der Waals surface area contributed by atoms with Crippen molar-refractivity contribution in [3.05, 3.63) is 28.2 Å². The van der Waals surface area contributed by atoms with Gasteiger partial charge in [0.15, 0.2) is 0 Å². The number of benzene rings is 1. The van der Waals surface area contributed by atoms with Gasteiger partial charge in [0.2, 0.25) is 5.91 Å². The quantitative estimate of drug-likeness (QED) is 0.867. The van der Waals surface area contributed by atoms with E-state index in [2.05, 4.69) is 15.9 Å². The van der Waals surface area contributed by atoms with Gasteiger partial charge in [0, 0.05) is 6.42 Å². The van der Waals surface area contributed by atoms with Gasteiger partial charge in [-0.2, -0.15) is 0 Å². The van der Waals surface area contributed by atoms with E-state index >= 15 is 0 Å². The predicted octanol–water partition coefficient (Wildman–Crippen LogP) is 1.76. The molecule has 0 fully saturated rings. The first kappa shape index (κ1) is 13.0. The largest absolute Gasteiger partial charge is 0.496 e. The fraction of sp³-hybridized carbons (Fsp3) is 0.364. The van der Waals surface area contributed by atoms with E-state index in [9.17, 15) is 9.90 Å². The summed E-state index contributed by atoms with van der Waals surface area (Å²) in [6.45, 7) is 0. The molecule has 88 valence electrons. The van der Waals surface area contributed by atoms with Crippen LogP contribution >= 0.6 is 15.9 Å². The Morgan fingerprint density at radius 3 is 2.81 bits per heavy atom. The van der Waals surface area contributed by atoms with Crippen molar-refractivity contribution in [2.45, 2.75) is 18.9 Å². The molecule has 0 aromatic heterocycles. The van der Waals surface area contributed by atoms with Crippen molar-refractivity contribution in [2.75, 3.05) is 7.11 Å². The standard InChI is InChI=1S/C11H14BrNO3/c1-16-10-4-2-7(6-8(10)12)9(14)3-5-11(13)15/h2,4,6,9,14H,3,5H2,1H3,(H2,13,15). The second-order valence-electron chi connectivity index (χ2n) is 3.41. The van der Waals surface area contributed by atoms with Gasteiger partial charge in [0.05, 0.1) is 17.7 Å². The molecule has 1 aromatic carbocycles. The van der Waals surface area contributed by atoms with E-state index in [0.717, 1.165) is 10.0 Å². The van der Waals surface area contributed by atoms with Crippen LogP contribution in [-0.2, 0) is 4.79 Å². The maximum atomic E-state index is 10.6. The molecule has 1 unspecified atom stereocenters. The highest BCUT2D eigenvalue weighted by molar-refractivity contribution is 9.10. The number of nitrogens with two attached hydrogens (primary N) is 1. The molecule has 0 spiro atoms. The normalized spacial score (nSPS) is 12.2. The lowest BCUT2D eigenvalue weighted by atomic mass is 10.0. The van der Waals surface area contributed by atoms with Gasteiger partial charge >= 0.3 is 0 Å². The van der Waals surface area contributed by atoms with Gasteiger partial charge in [-0.15, -0.1) is 0 Å². The lowest BCUT2D eigenvalue weighted by Crippen LogP contribution is -2.12. The first-order valence-electron chi connectivity index (χ1n) is 4.84. The molecule has 0 radical (unpaired) electrons. The lowest BCUT2D eigenvalue weighted by Gasteiger charge is -2.11. The van der Waals surface area contributed by atoms with Crippen molar-refractivity contribution in [1.82, 2.24) is 0 Å². The highest BCUT2D eigenvalue weighted by Gasteiger charge is 2.11. The number of amides is 1. The minimum atomic E-state index is -0.685. The van der Waals surface area contributed by atoms with Gasteiger partial charge in [-0.25, -0.2) is 0 Å². The minimum absolute atomic E-state index is 0.171. The van der Waals surface area contributed by atoms with Crippen molar-refractivity contribution in [2.24, 2.45) is 5.73 Å². The molecule has 1 amide bonds. The molecule has 3 N–H and O–H groups in total. The number of primary amides is 1. The number of hydrogen-bond donors (Lipinski definition) is 2. The van der Waals surface area contributed by atoms with E-state index in [-0.39, 0.29) is 6.42 Å². The fourth-order valence-electron chi connectivity index (χ4n) is 1.34. The third-order valence-electron chi connectivity index (χ3n) is 2.22. The number of halogens is 1. The summed E-state index contributed by atoms with van der Waals surface area (Å²) in [5.74, 6) is 0.289. The third kappa shape index (κ3) is 3.50. The number of carbonyl (C=O) groups is 1. The number of aliphatic hydroxyl groups excluding tert-OH is 1. The van der Waals surface area contributed by atoms with Gasteiger partial charge in [-0.1, -0.05) is 6.07 Å². The van der Waals surface area contributed by atoms with Crippen LogP contribution in [0.2, 0.25) is 0 Å². The summed E-state index contributed by atoms with van der Waals surface area (Å²) < 4.78 is 5.84. The predicted molar refractivity (Wildman–Crippen MR) is 64.1 cm³/mol. The van der Waals surface area contributed by atoms with Crippen molar-refractivity contribution in [3.8, 4) is 5.75 Å². The van der Waals surface area contributed by atoms with E-state index in [0.29, 0.717) is 12.2 Å². The minimum Gasteiger partial charge on any atom is -0.496 e. The van der Waals surface area contributed by atoms with Crippen molar-refractivity contribution in [1.29, 1.82) is 0 Å². The van der Waals surface area contributed by atoms with Crippen LogP contribution in [0.5, 0.6) is 5.75 Å². The van der Waals surface area contributed by atoms with Crippen LogP contribution in [0.3, 0.4) is 0 Å². The number of methoxy groups -OCH3 is 1. The van der Waals surface area contributed by atoms with Crippen molar-refractivity contribution >= 4 is 21.8 Å². The van der Waals surface area contributed by atoms with Crippen molar-refractivity contribution < 1.29 is 14.6 Å². The Morgan fingerprint density at radius 2 is 2.31 bits per heavy atom. The Balaban J connectivity index is 2.72. The summed E-state index contributed by atoms with van der Waals surface area (Å²) in [6, 6.07) is 5.28. The van der Waals surface area contributed by atoms with E-state index in [1.165, 1.54) is 0 Å². The molecule has 0 aliphatic heterocycles. The fourth-order valence-corrected chi connectivity index (χ4v) is 1.89. The zero-order valence-corrected chi connectivity index (χ0v) is 10.5. The lowest BCUT2D eigenvalue weighted by molar-refractivity contribution is -0.118. The Morgan fingerprint density at radius 1 is 1.62 bits per heavy atom. The maximum absolute atomic E-state index is 10.6. The molecule has 0 bridgehead atoms. The van der Waals surface area contributed by atoms with Crippen LogP contribution in [0.25, 0.3) is 0 Å². The molecule has 0 aliphatic carbocycles. The van der Waals surface area contributed by atoms with E-state index in [1.54, 1.807) is 25.3 Å². The van der Waals surface area contributed by atoms with Gasteiger partial charge in [0.25, 0.3) is 0 Å². The number of ether oxygens (including phenoxy) is 1. The van der Waals surface area contributed by atoms with E-state index < -0.39 is 12.0 Å². The van der Waals surface area contributed by atoms with Gasteiger partial charge < -0.3 is 15.6 Å². The first-order valence-corrected chi connectivity index (χ1v) is 5.63. The van der Waals surface area contributed by atoms with Crippen LogP contribution in [0, 0.1) is 0 Å². The molecular weight excluding hydrogens is 274 g/mol. The molecule has 0 aliphatic rings. The Labute approximate surface area is 103 Å². The van der Waals surface area contributed by atoms with Crippen LogP contribution in [-0.4, -0.2) is 18.1 Å². The summed E-state index contributed by atoms with van der Waals surface area (Å²) in [6.07, 6.45) is -0.187.